The molecule has 0 spiro atoms. The predicted molar refractivity (Wildman–Crippen MR) is 113 cm³/mol. The monoisotopic (exact) mass is 425 g/mol. The number of fused-ring (bicyclic) bond motifs is 3. The largest absolute Gasteiger partial charge is 0.503 e. The first-order valence-electron chi connectivity index (χ1n) is 8.27. The average molecular weight is 426 g/mol. The van der Waals surface area contributed by atoms with Gasteiger partial charge in [-0.3, -0.25) is 0 Å². The summed E-state index contributed by atoms with van der Waals surface area (Å²) in [6, 6.07) is 16.2. The fraction of sp³-hybridized carbons (Fsp3) is 0.0952. The molecule has 0 saturated heterocycles. The summed E-state index contributed by atoms with van der Waals surface area (Å²) >= 11 is 5.03. The van der Waals surface area contributed by atoms with Crippen LogP contribution in [0.4, 0.5) is 0 Å². The lowest BCUT2D eigenvalue weighted by molar-refractivity contribution is 0.317. The van der Waals surface area contributed by atoms with Crippen LogP contribution in [0.2, 0.25) is 0 Å². The van der Waals surface area contributed by atoms with Crippen molar-refractivity contribution in [2.45, 2.75) is 6.92 Å². The third kappa shape index (κ3) is 3.20. The first-order valence-corrected chi connectivity index (χ1v) is 9.88. The third-order valence-electron chi connectivity index (χ3n) is 4.07. The van der Waals surface area contributed by atoms with Crippen LogP contribution in [0.5, 0.6) is 11.5 Å². The zero-order chi connectivity index (χ0) is 18.1. The van der Waals surface area contributed by atoms with Crippen LogP contribution >= 0.6 is 27.3 Å². The summed E-state index contributed by atoms with van der Waals surface area (Å²) in [4.78, 5) is 4.79. The Hall–Kier alpha value is -2.37. The van der Waals surface area contributed by atoms with Gasteiger partial charge in [0.1, 0.15) is 5.01 Å². The molecule has 1 aromatic heterocycles. The molecule has 0 saturated carbocycles. The van der Waals surface area contributed by atoms with E-state index in [4.69, 9.17) is 9.72 Å². The summed E-state index contributed by atoms with van der Waals surface area (Å²) in [6.45, 7) is 2.39. The Bertz CT molecular complexity index is 1130. The molecule has 3 aromatic carbocycles. The standard InChI is InChI=1S/C21H16BrNO2S/c1-2-25-17-12-13(11-16(22)21(17)24)7-10-19-23-20-15-6-4-3-5-14(15)8-9-18(20)26-19/h3-12,24H,2H2,1H3/b10-7+. The van der Waals surface area contributed by atoms with Crippen molar-refractivity contribution in [1.29, 1.82) is 0 Å². The summed E-state index contributed by atoms with van der Waals surface area (Å²) in [5.41, 5.74) is 1.97. The van der Waals surface area contributed by atoms with Gasteiger partial charge in [-0.15, -0.1) is 11.3 Å². The van der Waals surface area contributed by atoms with Crippen molar-refractivity contribution < 1.29 is 9.84 Å². The van der Waals surface area contributed by atoms with E-state index in [1.807, 2.05) is 43.3 Å². The van der Waals surface area contributed by atoms with E-state index in [1.165, 1.54) is 15.5 Å². The third-order valence-corrected chi connectivity index (χ3v) is 5.66. The molecule has 1 N–H and O–H groups in total. The first kappa shape index (κ1) is 17.1. The molecule has 4 aromatic rings. The van der Waals surface area contributed by atoms with Crippen LogP contribution in [0.3, 0.4) is 0 Å². The Morgan fingerprint density at radius 3 is 2.85 bits per heavy atom. The van der Waals surface area contributed by atoms with E-state index in [9.17, 15) is 5.11 Å². The summed E-state index contributed by atoms with van der Waals surface area (Å²) in [7, 11) is 0. The van der Waals surface area contributed by atoms with Gasteiger partial charge in [0.2, 0.25) is 0 Å². The topological polar surface area (TPSA) is 42.4 Å². The summed E-state index contributed by atoms with van der Waals surface area (Å²) < 4.78 is 7.26. The SMILES string of the molecule is CCOc1cc(/C=C/c2nc3c(ccc4ccccc43)s2)cc(Br)c1O. The highest BCUT2D eigenvalue weighted by molar-refractivity contribution is 9.10. The van der Waals surface area contributed by atoms with Crippen LogP contribution in [0.25, 0.3) is 33.1 Å². The number of rotatable bonds is 4. The normalized spacial score (nSPS) is 11.6. The van der Waals surface area contributed by atoms with Gasteiger partial charge in [-0.1, -0.05) is 36.4 Å². The molecule has 0 amide bonds. The fourth-order valence-electron chi connectivity index (χ4n) is 2.87. The molecule has 0 atom stereocenters. The van der Waals surface area contributed by atoms with Crippen LogP contribution in [0.15, 0.2) is 53.0 Å². The van der Waals surface area contributed by atoms with Crippen LogP contribution in [0.1, 0.15) is 17.5 Å². The lowest BCUT2D eigenvalue weighted by Crippen LogP contribution is -1.92. The minimum atomic E-state index is 0.121. The van der Waals surface area contributed by atoms with E-state index in [2.05, 4.69) is 40.2 Å². The van der Waals surface area contributed by atoms with Crippen molar-refractivity contribution >= 4 is 60.4 Å². The van der Waals surface area contributed by atoms with E-state index in [-0.39, 0.29) is 5.75 Å². The molecule has 0 aliphatic carbocycles. The van der Waals surface area contributed by atoms with E-state index in [1.54, 1.807) is 11.3 Å². The Morgan fingerprint density at radius 2 is 2.00 bits per heavy atom. The molecule has 0 fully saturated rings. The van der Waals surface area contributed by atoms with E-state index in [0.717, 1.165) is 16.1 Å². The van der Waals surface area contributed by atoms with Crippen LogP contribution < -0.4 is 4.74 Å². The van der Waals surface area contributed by atoms with Crippen molar-refractivity contribution in [3.05, 3.63) is 63.6 Å². The minimum absolute atomic E-state index is 0.121. The second kappa shape index (κ2) is 7.09. The van der Waals surface area contributed by atoms with Crippen molar-refractivity contribution in [3.8, 4) is 11.5 Å². The highest BCUT2D eigenvalue weighted by atomic mass is 79.9. The molecular formula is C21H16BrNO2S. The number of phenolic OH excluding ortho intramolecular Hbond substituents is 1. The molecule has 130 valence electrons. The summed E-state index contributed by atoms with van der Waals surface area (Å²) in [5.74, 6) is 0.590. The highest BCUT2D eigenvalue weighted by Crippen LogP contribution is 2.36. The number of ether oxygens (including phenoxy) is 1. The van der Waals surface area contributed by atoms with Gasteiger partial charge in [-0.25, -0.2) is 4.98 Å². The number of nitrogens with zero attached hydrogens (tertiary/aromatic N) is 1. The molecule has 5 heteroatoms. The average Bonchev–Trinajstić information content (AvgIpc) is 3.08. The van der Waals surface area contributed by atoms with Crippen molar-refractivity contribution in [3.63, 3.8) is 0 Å². The molecule has 26 heavy (non-hydrogen) atoms. The number of phenols is 1. The maximum atomic E-state index is 10.0. The zero-order valence-corrected chi connectivity index (χ0v) is 16.5. The molecule has 0 aliphatic heterocycles. The molecule has 0 aliphatic rings. The van der Waals surface area contributed by atoms with Crippen LogP contribution in [-0.2, 0) is 0 Å². The van der Waals surface area contributed by atoms with Crippen LogP contribution in [0, 0.1) is 0 Å². The smallest absolute Gasteiger partial charge is 0.172 e. The number of benzene rings is 3. The molecule has 0 radical (unpaired) electrons. The minimum Gasteiger partial charge on any atom is -0.503 e. The van der Waals surface area contributed by atoms with Crippen molar-refractivity contribution in [2.24, 2.45) is 0 Å². The predicted octanol–water partition coefficient (Wildman–Crippen LogP) is 6.49. The lowest BCUT2D eigenvalue weighted by atomic mass is 10.1. The van der Waals surface area contributed by atoms with Crippen LogP contribution in [-0.4, -0.2) is 16.7 Å². The van der Waals surface area contributed by atoms with Gasteiger partial charge in [0, 0.05) is 5.39 Å². The van der Waals surface area contributed by atoms with Gasteiger partial charge in [-0.05, 0) is 58.1 Å². The molecule has 1 heterocycles. The van der Waals surface area contributed by atoms with Gasteiger partial charge in [-0.2, -0.15) is 0 Å². The van der Waals surface area contributed by atoms with Gasteiger partial charge < -0.3 is 9.84 Å². The highest BCUT2D eigenvalue weighted by Gasteiger charge is 2.09. The van der Waals surface area contributed by atoms with Crippen molar-refractivity contribution in [2.75, 3.05) is 6.61 Å². The number of thiazole rings is 1. The zero-order valence-electron chi connectivity index (χ0n) is 14.1. The first-order chi connectivity index (χ1) is 12.7. The number of hydrogen-bond acceptors (Lipinski definition) is 4. The number of halogens is 1. The summed E-state index contributed by atoms with van der Waals surface area (Å²) in [5, 5.41) is 13.3. The van der Waals surface area contributed by atoms with E-state index < -0.39 is 0 Å². The van der Waals surface area contributed by atoms with Gasteiger partial charge in [0.25, 0.3) is 0 Å². The van der Waals surface area contributed by atoms with E-state index in [0.29, 0.717) is 16.8 Å². The lowest BCUT2D eigenvalue weighted by Gasteiger charge is -2.08. The second-order valence-corrected chi connectivity index (χ2v) is 7.72. The quantitative estimate of drug-likeness (QED) is 0.406. The summed E-state index contributed by atoms with van der Waals surface area (Å²) in [6.07, 6.45) is 3.97. The molecule has 4 rings (SSSR count). The van der Waals surface area contributed by atoms with Gasteiger partial charge in [0.15, 0.2) is 11.5 Å². The van der Waals surface area contributed by atoms with Gasteiger partial charge in [0.05, 0.1) is 21.3 Å². The Morgan fingerprint density at radius 1 is 1.15 bits per heavy atom. The number of aromatic hydroxyl groups is 1. The maximum Gasteiger partial charge on any atom is 0.172 e. The Balaban J connectivity index is 1.72. The Kier molecular flexibility index (Phi) is 4.66. The second-order valence-electron chi connectivity index (χ2n) is 5.80. The van der Waals surface area contributed by atoms with Gasteiger partial charge >= 0.3 is 0 Å². The van der Waals surface area contributed by atoms with E-state index >= 15 is 0 Å². The fourth-order valence-corrected chi connectivity index (χ4v) is 4.22. The molecular weight excluding hydrogens is 410 g/mol. The Labute approximate surface area is 163 Å². The maximum absolute atomic E-state index is 10.0. The molecule has 0 unspecified atom stereocenters. The number of aromatic nitrogens is 1. The molecule has 0 bridgehead atoms. The molecule has 3 nitrogen and oxygen atoms in total. The van der Waals surface area contributed by atoms with Crippen molar-refractivity contribution in [1.82, 2.24) is 4.98 Å². The number of hydrogen-bond donors (Lipinski definition) is 1.